The van der Waals surface area contributed by atoms with Crippen LogP contribution in [-0.2, 0) is 13.5 Å². The average Bonchev–Trinajstić information content (AvgIpc) is 2.63. The molecule has 1 aromatic rings. The van der Waals surface area contributed by atoms with Gasteiger partial charge in [0.05, 0.1) is 5.69 Å². The number of nitrogens with one attached hydrogen (secondary N) is 1. The van der Waals surface area contributed by atoms with Gasteiger partial charge in [-0.05, 0) is 43.1 Å². The van der Waals surface area contributed by atoms with Crippen molar-refractivity contribution in [3.63, 3.8) is 0 Å². The highest BCUT2D eigenvalue weighted by Gasteiger charge is 2.27. The number of aromatic nitrogens is 2. The molecule has 0 spiro atoms. The van der Waals surface area contributed by atoms with E-state index in [-0.39, 0.29) is 0 Å². The summed E-state index contributed by atoms with van der Waals surface area (Å²) in [5.41, 5.74) is 1.67. The summed E-state index contributed by atoms with van der Waals surface area (Å²) in [5.74, 6) is 0.894. The third-order valence-corrected chi connectivity index (χ3v) is 4.78. The van der Waals surface area contributed by atoms with E-state index in [0.29, 0.717) is 11.5 Å². The van der Waals surface area contributed by atoms with Crippen molar-refractivity contribution in [3.05, 3.63) is 18.0 Å². The standard InChI is InChI=1S/C17H31N3/c1-17(2,3)14-6-5-7-15(9-8-14)18-12-10-16-11-13-20(4)19-16/h11,13-15,18H,5-10,12H2,1-4H3. The van der Waals surface area contributed by atoms with Crippen molar-refractivity contribution in [3.8, 4) is 0 Å². The SMILES string of the molecule is Cn1ccc(CCNC2CCCC(C(C)(C)C)CC2)n1. The minimum absolute atomic E-state index is 0.475. The lowest BCUT2D eigenvalue weighted by molar-refractivity contribution is 0.213. The van der Waals surface area contributed by atoms with Crippen molar-refractivity contribution in [2.24, 2.45) is 18.4 Å². The molecule has 1 heterocycles. The van der Waals surface area contributed by atoms with Crippen LogP contribution in [0.1, 0.15) is 58.6 Å². The minimum Gasteiger partial charge on any atom is -0.314 e. The number of rotatable bonds is 4. The normalized spacial score (nSPS) is 24.6. The second-order valence-corrected chi connectivity index (χ2v) is 7.45. The molecule has 0 aliphatic heterocycles. The van der Waals surface area contributed by atoms with Gasteiger partial charge in [-0.1, -0.05) is 27.2 Å². The molecule has 114 valence electrons. The molecule has 1 N–H and O–H groups in total. The van der Waals surface area contributed by atoms with Gasteiger partial charge in [-0.15, -0.1) is 0 Å². The molecule has 2 atom stereocenters. The molecule has 1 fully saturated rings. The second kappa shape index (κ2) is 6.75. The Morgan fingerprint density at radius 3 is 2.70 bits per heavy atom. The maximum atomic E-state index is 4.43. The van der Waals surface area contributed by atoms with Gasteiger partial charge >= 0.3 is 0 Å². The largest absolute Gasteiger partial charge is 0.314 e. The van der Waals surface area contributed by atoms with Gasteiger partial charge in [0, 0.05) is 32.3 Å². The first-order valence-corrected chi connectivity index (χ1v) is 8.17. The Balaban J connectivity index is 1.71. The zero-order valence-electron chi connectivity index (χ0n) is 13.7. The molecule has 2 rings (SSSR count). The molecule has 2 unspecified atom stereocenters. The molecule has 3 heteroatoms. The van der Waals surface area contributed by atoms with E-state index in [9.17, 15) is 0 Å². The monoisotopic (exact) mass is 277 g/mol. The third-order valence-electron chi connectivity index (χ3n) is 4.78. The average molecular weight is 277 g/mol. The van der Waals surface area contributed by atoms with Gasteiger partial charge in [-0.3, -0.25) is 4.68 Å². The summed E-state index contributed by atoms with van der Waals surface area (Å²) in [6.07, 6.45) is 9.91. The first-order chi connectivity index (χ1) is 9.45. The van der Waals surface area contributed by atoms with Gasteiger partial charge in [0.25, 0.3) is 0 Å². The first kappa shape index (κ1) is 15.6. The fourth-order valence-corrected chi connectivity index (χ4v) is 3.37. The van der Waals surface area contributed by atoms with Gasteiger partial charge in [0.1, 0.15) is 0 Å². The van der Waals surface area contributed by atoms with Gasteiger partial charge in [-0.2, -0.15) is 5.10 Å². The molecule has 20 heavy (non-hydrogen) atoms. The Kier molecular flexibility index (Phi) is 5.25. The fourth-order valence-electron chi connectivity index (χ4n) is 3.37. The van der Waals surface area contributed by atoms with Crippen molar-refractivity contribution >= 4 is 0 Å². The Hall–Kier alpha value is -0.830. The number of aryl methyl sites for hydroxylation is 1. The lowest BCUT2D eigenvalue weighted by Gasteiger charge is -2.29. The van der Waals surface area contributed by atoms with Gasteiger partial charge in [-0.25, -0.2) is 0 Å². The molecule has 1 aromatic heterocycles. The van der Waals surface area contributed by atoms with Crippen LogP contribution in [-0.4, -0.2) is 22.4 Å². The summed E-state index contributed by atoms with van der Waals surface area (Å²) in [7, 11) is 1.98. The molecule has 0 bridgehead atoms. The smallest absolute Gasteiger partial charge is 0.0637 e. The fraction of sp³-hybridized carbons (Fsp3) is 0.824. The summed E-state index contributed by atoms with van der Waals surface area (Å²) >= 11 is 0. The molecule has 0 amide bonds. The first-order valence-electron chi connectivity index (χ1n) is 8.17. The molecular weight excluding hydrogens is 246 g/mol. The lowest BCUT2D eigenvalue weighted by atomic mass is 9.76. The zero-order valence-corrected chi connectivity index (χ0v) is 13.7. The van der Waals surface area contributed by atoms with E-state index in [0.717, 1.165) is 18.9 Å². The Labute approximate surface area is 124 Å². The second-order valence-electron chi connectivity index (χ2n) is 7.45. The van der Waals surface area contributed by atoms with Crippen molar-refractivity contribution in [2.75, 3.05) is 6.54 Å². The highest BCUT2D eigenvalue weighted by molar-refractivity contribution is 4.99. The Morgan fingerprint density at radius 1 is 1.25 bits per heavy atom. The number of nitrogens with zero attached hydrogens (tertiary/aromatic N) is 2. The molecule has 1 aliphatic rings. The van der Waals surface area contributed by atoms with E-state index >= 15 is 0 Å². The van der Waals surface area contributed by atoms with E-state index in [1.165, 1.54) is 37.8 Å². The molecular formula is C17H31N3. The van der Waals surface area contributed by atoms with Crippen LogP contribution in [0, 0.1) is 11.3 Å². The Morgan fingerprint density at radius 2 is 2.05 bits per heavy atom. The summed E-state index contributed by atoms with van der Waals surface area (Å²) in [5, 5.41) is 8.17. The van der Waals surface area contributed by atoms with Gasteiger partial charge < -0.3 is 5.32 Å². The highest BCUT2D eigenvalue weighted by Crippen LogP contribution is 2.36. The van der Waals surface area contributed by atoms with Crippen LogP contribution < -0.4 is 5.32 Å². The molecule has 3 nitrogen and oxygen atoms in total. The summed E-state index contributed by atoms with van der Waals surface area (Å²) in [4.78, 5) is 0. The van der Waals surface area contributed by atoms with Crippen LogP contribution in [0.15, 0.2) is 12.3 Å². The van der Waals surface area contributed by atoms with Crippen LogP contribution in [0.25, 0.3) is 0 Å². The molecule has 0 saturated heterocycles. The summed E-state index contributed by atoms with van der Waals surface area (Å²) in [6, 6.07) is 2.83. The number of hydrogen-bond donors (Lipinski definition) is 1. The predicted molar refractivity (Wildman–Crippen MR) is 84.7 cm³/mol. The van der Waals surface area contributed by atoms with Crippen molar-refractivity contribution in [2.45, 2.75) is 65.3 Å². The van der Waals surface area contributed by atoms with Crippen LogP contribution in [0.3, 0.4) is 0 Å². The molecule has 1 saturated carbocycles. The summed E-state index contributed by atoms with van der Waals surface area (Å²) < 4.78 is 1.88. The zero-order chi connectivity index (χ0) is 14.6. The highest BCUT2D eigenvalue weighted by atomic mass is 15.2. The van der Waals surface area contributed by atoms with E-state index < -0.39 is 0 Å². The van der Waals surface area contributed by atoms with E-state index in [1.807, 2.05) is 17.9 Å². The quantitative estimate of drug-likeness (QED) is 0.853. The van der Waals surface area contributed by atoms with Gasteiger partial charge in [0.15, 0.2) is 0 Å². The third kappa shape index (κ3) is 4.62. The lowest BCUT2D eigenvalue weighted by Crippen LogP contribution is -2.30. The maximum Gasteiger partial charge on any atom is 0.0637 e. The molecule has 0 radical (unpaired) electrons. The van der Waals surface area contributed by atoms with Crippen LogP contribution in [0.2, 0.25) is 0 Å². The Bertz CT molecular complexity index is 403. The summed E-state index contributed by atoms with van der Waals surface area (Å²) in [6.45, 7) is 8.24. The van der Waals surface area contributed by atoms with E-state index in [1.54, 1.807) is 0 Å². The maximum absolute atomic E-state index is 4.43. The van der Waals surface area contributed by atoms with Crippen LogP contribution in [0.4, 0.5) is 0 Å². The number of hydrogen-bond acceptors (Lipinski definition) is 2. The van der Waals surface area contributed by atoms with Crippen molar-refractivity contribution in [1.82, 2.24) is 15.1 Å². The predicted octanol–water partition coefficient (Wildman–Crippen LogP) is 3.55. The minimum atomic E-state index is 0.475. The van der Waals surface area contributed by atoms with Gasteiger partial charge in [0.2, 0.25) is 0 Å². The van der Waals surface area contributed by atoms with E-state index in [2.05, 4.69) is 37.3 Å². The van der Waals surface area contributed by atoms with Crippen molar-refractivity contribution < 1.29 is 0 Å². The van der Waals surface area contributed by atoms with Crippen LogP contribution >= 0.6 is 0 Å². The topological polar surface area (TPSA) is 29.9 Å². The van der Waals surface area contributed by atoms with Crippen LogP contribution in [0.5, 0.6) is 0 Å². The molecule has 1 aliphatic carbocycles. The van der Waals surface area contributed by atoms with E-state index in [4.69, 9.17) is 0 Å². The molecule has 0 aromatic carbocycles. The van der Waals surface area contributed by atoms with Crippen molar-refractivity contribution in [1.29, 1.82) is 0 Å².